The second kappa shape index (κ2) is 5.85. The number of thioether (sulfide) groups is 1. The van der Waals surface area contributed by atoms with Crippen molar-refractivity contribution in [3.05, 3.63) is 15.0 Å². The number of hydrogen-bond donors (Lipinski definition) is 1. The van der Waals surface area contributed by atoms with Crippen molar-refractivity contribution >= 4 is 39.0 Å². The zero-order chi connectivity index (χ0) is 11.5. The summed E-state index contributed by atoms with van der Waals surface area (Å²) in [6.45, 7) is 2.21. The van der Waals surface area contributed by atoms with Gasteiger partial charge in [0.15, 0.2) is 0 Å². The standard InChI is InChI=1S/C11H17BrN2S2/c1-7(11-13-6-10(12)16-11)14-8-3-4-9(5-8)15-2/h6-9,14H,3-5H2,1-2H3. The van der Waals surface area contributed by atoms with E-state index >= 15 is 0 Å². The lowest BCUT2D eigenvalue weighted by molar-refractivity contribution is 0.461. The summed E-state index contributed by atoms with van der Waals surface area (Å²) in [6.07, 6.45) is 8.07. The third-order valence-electron chi connectivity index (χ3n) is 3.07. The molecular formula is C11H17BrN2S2. The van der Waals surface area contributed by atoms with Crippen LogP contribution in [0.1, 0.15) is 37.2 Å². The van der Waals surface area contributed by atoms with Gasteiger partial charge in [-0.25, -0.2) is 4.98 Å². The fourth-order valence-corrected chi connectivity index (χ4v) is 4.25. The molecule has 2 nitrogen and oxygen atoms in total. The lowest BCUT2D eigenvalue weighted by Gasteiger charge is -2.17. The fraction of sp³-hybridized carbons (Fsp3) is 0.727. The maximum atomic E-state index is 4.40. The summed E-state index contributed by atoms with van der Waals surface area (Å²) in [6, 6.07) is 1.05. The third-order valence-corrected chi connectivity index (χ3v) is 5.82. The molecule has 0 amide bonds. The molecule has 3 unspecified atom stereocenters. The Morgan fingerprint density at radius 1 is 1.62 bits per heavy atom. The van der Waals surface area contributed by atoms with E-state index in [9.17, 15) is 0 Å². The van der Waals surface area contributed by atoms with Crippen LogP contribution in [-0.2, 0) is 0 Å². The van der Waals surface area contributed by atoms with E-state index in [2.05, 4.69) is 39.4 Å². The second-order valence-corrected chi connectivity index (χ2v) is 7.84. The number of halogens is 1. The van der Waals surface area contributed by atoms with Gasteiger partial charge in [-0.05, 0) is 48.4 Å². The van der Waals surface area contributed by atoms with E-state index in [1.165, 1.54) is 24.3 Å². The highest BCUT2D eigenvalue weighted by molar-refractivity contribution is 9.11. The van der Waals surface area contributed by atoms with E-state index in [1.54, 1.807) is 11.3 Å². The minimum absolute atomic E-state index is 0.377. The zero-order valence-corrected chi connectivity index (χ0v) is 12.8. The van der Waals surface area contributed by atoms with E-state index in [1.807, 2.05) is 18.0 Å². The number of aromatic nitrogens is 1. The maximum Gasteiger partial charge on any atom is 0.110 e. The minimum Gasteiger partial charge on any atom is -0.305 e. The molecule has 1 heterocycles. The Morgan fingerprint density at radius 2 is 2.44 bits per heavy atom. The molecule has 1 N–H and O–H groups in total. The first-order chi connectivity index (χ1) is 7.69. The lowest BCUT2D eigenvalue weighted by Crippen LogP contribution is -2.29. The van der Waals surface area contributed by atoms with Crippen LogP contribution in [0.25, 0.3) is 0 Å². The number of thiazole rings is 1. The van der Waals surface area contributed by atoms with E-state index in [0.29, 0.717) is 12.1 Å². The number of nitrogens with zero attached hydrogens (tertiary/aromatic N) is 1. The van der Waals surface area contributed by atoms with Gasteiger partial charge in [0.2, 0.25) is 0 Å². The van der Waals surface area contributed by atoms with Gasteiger partial charge in [0.1, 0.15) is 5.01 Å². The van der Waals surface area contributed by atoms with Crippen LogP contribution in [0.5, 0.6) is 0 Å². The van der Waals surface area contributed by atoms with Gasteiger partial charge < -0.3 is 5.32 Å². The summed E-state index contributed by atoms with van der Waals surface area (Å²) in [5.74, 6) is 0. The van der Waals surface area contributed by atoms with E-state index < -0.39 is 0 Å². The number of nitrogens with one attached hydrogen (secondary N) is 1. The Balaban J connectivity index is 1.86. The Labute approximate surface area is 114 Å². The van der Waals surface area contributed by atoms with Crippen molar-refractivity contribution in [1.82, 2.24) is 10.3 Å². The van der Waals surface area contributed by atoms with Crippen molar-refractivity contribution in [2.75, 3.05) is 6.26 Å². The van der Waals surface area contributed by atoms with Crippen LogP contribution < -0.4 is 5.32 Å². The average Bonchev–Trinajstić information content (AvgIpc) is 2.87. The van der Waals surface area contributed by atoms with Crippen molar-refractivity contribution in [3.8, 4) is 0 Å². The molecule has 16 heavy (non-hydrogen) atoms. The summed E-state index contributed by atoms with van der Waals surface area (Å²) in [7, 11) is 0. The Morgan fingerprint density at radius 3 is 3.00 bits per heavy atom. The Bertz CT molecular complexity index is 342. The van der Waals surface area contributed by atoms with Gasteiger partial charge in [-0.3, -0.25) is 0 Å². The van der Waals surface area contributed by atoms with Gasteiger partial charge in [0.05, 0.1) is 16.0 Å². The Hall–Kier alpha value is 0.420. The third kappa shape index (κ3) is 3.22. The molecule has 1 aromatic heterocycles. The normalized spacial score (nSPS) is 27.2. The van der Waals surface area contributed by atoms with Crippen LogP contribution in [-0.4, -0.2) is 22.5 Å². The summed E-state index contributed by atoms with van der Waals surface area (Å²) in [4.78, 5) is 4.40. The summed E-state index contributed by atoms with van der Waals surface area (Å²) in [5.41, 5.74) is 0. The molecule has 90 valence electrons. The van der Waals surface area contributed by atoms with Gasteiger partial charge >= 0.3 is 0 Å². The summed E-state index contributed by atoms with van der Waals surface area (Å²) in [5, 5.41) is 5.72. The lowest BCUT2D eigenvalue weighted by atomic mass is 10.2. The highest BCUT2D eigenvalue weighted by atomic mass is 79.9. The molecule has 1 aliphatic carbocycles. The molecule has 1 aromatic rings. The highest BCUT2D eigenvalue weighted by Crippen LogP contribution is 2.31. The highest BCUT2D eigenvalue weighted by Gasteiger charge is 2.25. The van der Waals surface area contributed by atoms with Gasteiger partial charge in [-0.1, -0.05) is 0 Å². The SMILES string of the molecule is CSC1CCC(NC(C)c2ncc(Br)s2)C1. The van der Waals surface area contributed by atoms with Crippen molar-refractivity contribution < 1.29 is 0 Å². The van der Waals surface area contributed by atoms with Crippen LogP contribution >= 0.6 is 39.0 Å². The van der Waals surface area contributed by atoms with Crippen LogP contribution in [0, 0.1) is 0 Å². The molecule has 2 rings (SSSR count). The maximum absolute atomic E-state index is 4.40. The van der Waals surface area contributed by atoms with Gasteiger partial charge in [-0.2, -0.15) is 11.8 Å². The first kappa shape index (κ1) is 12.9. The van der Waals surface area contributed by atoms with Crippen LogP contribution in [0.3, 0.4) is 0 Å². The van der Waals surface area contributed by atoms with E-state index in [0.717, 1.165) is 9.04 Å². The van der Waals surface area contributed by atoms with Crippen LogP contribution in [0.2, 0.25) is 0 Å². The molecule has 0 aromatic carbocycles. The molecule has 0 aliphatic heterocycles. The largest absolute Gasteiger partial charge is 0.305 e. The monoisotopic (exact) mass is 320 g/mol. The van der Waals surface area contributed by atoms with Gasteiger partial charge in [-0.15, -0.1) is 11.3 Å². The molecule has 0 spiro atoms. The van der Waals surface area contributed by atoms with Crippen molar-refractivity contribution in [2.24, 2.45) is 0 Å². The number of hydrogen-bond acceptors (Lipinski definition) is 4. The molecule has 0 bridgehead atoms. The quantitative estimate of drug-likeness (QED) is 0.912. The topological polar surface area (TPSA) is 24.9 Å². The predicted molar refractivity (Wildman–Crippen MR) is 76.3 cm³/mol. The van der Waals surface area contributed by atoms with E-state index in [-0.39, 0.29) is 0 Å². The molecule has 1 fully saturated rings. The van der Waals surface area contributed by atoms with Crippen molar-refractivity contribution in [3.63, 3.8) is 0 Å². The number of rotatable bonds is 4. The average molecular weight is 321 g/mol. The first-order valence-corrected chi connectivity index (χ1v) is 8.49. The minimum atomic E-state index is 0.377. The predicted octanol–water partition coefficient (Wildman–Crippen LogP) is 3.84. The first-order valence-electron chi connectivity index (χ1n) is 5.59. The van der Waals surface area contributed by atoms with Crippen molar-refractivity contribution in [2.45, 2.75) is 43.5 Å². The summed E-state index contributed by atoms with van der Waals surface area (Å²) < 4.78 is 1.12. The molecule has 1 saturated carbocycles. The molecule has 3 atom stereocenters. The van der Waals surface area contributed by atoms with Gasteiger partial charge in [0, 0.05) is 11.3 Å². The van der Waals surface area contributed by atoms with Crippen LogP contribution in [0.4, 0.5) is 0 Å². The second-order valence-electron chi connectivity index (χ2n) is 4.26. The van der Waals surface area contributed by atoms with Crippen molar-refractivity contribution in [1.29, 1.82) is 0 Å². The molecule has 0 radical (unpaired) electrons. The Kier molecular flexibility index (Phi) is 4.70. The smallest absolute Gasteiger partial charge is 0.110 e. The fourth-order valence-electron chi connectivity index (χ4n) is 2.20. The van der Waals surface area contributed by atoms with Gasteiger partial charge in [0.25, 0.3) is 0 Å². The molecule has 5 heteroatoms. The molecule has 0 saturated heterocycles. The van der Waals surface area contributed by atoms with E-state index in [4.69, 9.17) is 0 Å². The zero-order valence-electron chi connectivity index (χ0n) is 9.57. The molecular weight excluding hydrogens is 304 g/mol. The molecule has 1 aliphatic rings. The summed E-state index contributed by atoms with van der Waals surface area (Å²) >= 11 is 7.19. The van der Waals surface area contributed by atoms with Crippen LogP contribution in [0.15, 0.2) is 9.98 Å².